The molecule has 3 N–H and O–H groups in total. The predicted molar refractivity (Wildman–Crippen MR) is 92.6 cm³/mol. The molecule has 0 heterocycles. The molecule has 0 saturated carbocycles. The van der Waals surface area contributed by atoms with Gasteiger partial charge >= 0.3 is 0 Å². The third-order valence-electron chi connectivity index (χ3n) is 4.01. The molecule has 2 aromatic carbocycles. The summed E-state index contributed by atoms with van der Waals surface area (Å²) in [6.45, 7) is 5.77. The highest BCUT2D eigenvalue weighted by Gasteiger charge is 2.17. The quantitative estimate of drug-likeness (QED) is 0.848. The number of aryl methyl sites for hydroxylation is 1. The maximum Gasteiger partial charge on any atom is 0.256 e. The third kappa shape index (κ3) is 3.08. The maximum atomic E-state index is 12.6. The second kappa shape index (κ2) is 6.60. The molecule has 2 aromatic rings. The Labute approximate surface area is 136 Å². The molecule has 0 aliphatic heterocycles. The SMILES string of the molecule is COc1c(N)ccc(C(=O)Nc2ccc(C)c(C)c2OC)c1C. The molecule has 1 amide bonds. The zero-order valence-corrected chi connectivity index (χ0v) is 14.1. The molecule has 0 aliphatic rings. The Kier molecular flexibility index (Phi) is 4.79. The van der Waals surface area contributed by atoms with Crippen molar-refractivity contribution in [3.05, 3.63) is 46.5 Å². The van der Waals surface area contributed by atoms with Gasteiger partial charge in [-0.05, 0) is 50.1 Å². The average Bonchev–Trinajstić information content (AvgIpc) is 2.51. The van der Waals surface area contributed by atoms with Crippen LogP contribution in [0, 0.1) is 20.8 Å². The first-order valence-corrected chi connectivity index (χ1v) is 7.29. The highest BCUT2D eigenvalue weighted by atomic mass is 16.5. The highest BCUT2D eigenvalue weighted by molar-refractivity contribution is 6.07. The number of carbonyl (C=O) groups is 1. The smallest absolute Gasteiger partial charge is 0.256 e. The number of nitrogen functional groups attached to an aromatic ring is 1. The zero-order valence-electron chi connectivity index (χ0n) is 14.1. The van der Waals surface area contributed by atoms with Gasteiger partial charge in [0.2, 0.25) is 0 Å². The van der Waals surface area contributed by atoms with Gasteiger partial charge in [0.1, 0.15) is 11.5 Å². The zero-order chi connectivity index (χ0) is 17.1. The molecule has 122 valence electrons. The van der Waals surface area contributed by atoms with Crippen LogP contribution in [0.4, 0.5) is 11.4 Å². The minimum atomic E-state index is -0.234. The monoisotopic (exact) mass is 314 g/mol. The summed E-state index contributed by atoms with van der Waals surface area (Å²) >= 11 is 0. The van der Waals surface area contributed by atoms with Crippen LogP contribution in [0.5, 0.6) is 11.5 Å². The molecule has 0 bridgehead atoms. The van der Waals surface area contributed by atoms with E-state index in [1.807, 2.05) is 32.9 Å². The van der Waals surface area contributed by atoms with Gasteiger partial charge in [0, 0.05) is 11.1 Å². The first-order chi connectivity index (χ1) is 10.9. The van der Waals surface area contributed by atoms with Gasteiger partial charge in [0.15, 0.2) is 0 Å². The number of carbonyl (C=O) groups excluding carboxylic acids is 1. The number of anilines is 2. The molecule has 0 fully saturated rings. The molecule has 5 heteroatoms. The summed E-state index contributed by atoms with van der Waals surface area (Å²) < 4.78 is 10.7. The van der Waals surface area contributed by atoms with Crippen molar-refractivity contribution in [3.8, 4) is 11.5 Å². The lowest BCUT2D eigenvalue weighted by molar-refractivity contribution is 0.102. The van der Waals surface area contributed by atoms with Crippen molar-refractivity contribution >= 4 is 17.3 Å². The van der Waals surface area contributed by atoms with Crippen molar-refractivity contribution < 1.29 is 14.3 Å². The second-order valence-corrected chi connectivity index (χ2v) is 5.40. The fourth-order valence-electron chi connectivity index (χ4n) is 2.57. The number of methoxy groups -OCH3 is 2. The van der Waals surface area contributed by atoms with Crippen molar-refractivity contribution in [2.75, 3.05) is 25.3 Å². The van der Waals surface area contributed by atoms with E-state index in [9.17, 15) is 4.79 Å². The average molecular weight is 314 g/mol. The number of hydrogen-bond acceptors (Lipinski definition) is 4. The summed E-state index contributed by atoms with van der Waals surface area (Å²) in [4.78, 5) is 12.6. The van der Waals surface area contributed by atoms with E-state index >= 15 is 0 Å². The van der Waals surface area contributed by atoms with Crippen molar-refractivity contribution in [1.82, 2.24) is 0 Å². The van der Waals surface area contributed by atoms with Crippen molar-refractivity contribution in [2.45, 2.75) is 20.8 Å². The van der Waals surface area contributed by atoms with Gasteiger partial charge in [-0.3, -0.25) is 4.79 Å². The third-order valence-corrected chi connectivity index (χ3v) is 4.01. The Balaban J connectivity index is 2.39. The number of ether oxygens (including phenoxy) is 2. The lowest BCUT2D eigenvalue weighted by Gasteiger charge is -2.16. The van der Waals surface area contributed by atoms with Crippen molar-refractivity contribution in [2.24, 2.45) is 0 Å². The summed E-state index contributed by atoms with van der Waals surface area (Å²) in [5, 5.41) is 2.90. The Morgan fingerprint density at radius 3 is 2.22 bits per heavy atom. The van der Waals surface area contributed by atoms with Gasteiger partial charge in [-0.25, -0.2) is 0 Å². The number of nitrogens with two attached hydrogens (primary N) is 1. The van der Waals surface area contributed by atoms with E-state index in [1.165, 1.54) is 7.11 Å². The van der Waals surface area contributed by atoms with Crippen LogP contribution in [0.25, 0.3) is 0 Å². The molecule has 0 spiro atoms. The molecule has 0 aliphatic carbocycles. The summed E-state index contributed by atoms with van der Waals surface area (Å²) in [6.07, 6.45) is 0. The molecule has 0 unspecified atom stereocenters. The molecule has 2 rings (SSSR count). The molecular formula is C18H22N2O3. The van der Waals surface area contributed by atoms with Gasteiger partial charge in [-0.15, -0.1) is 0 Å². The number of nitrogens with one attached hydrogen (secondary N) is 1. The van der Waals surface area contributed by atoms with Crippen molar-refractivity contribution in [1.29, 1.82) is 0 Å². The molecule has 0 saturated heterocycles. The number of rotatable bonds is 4. The number of amides is 1. The molecule has 0 aromatic heterocycles. The maximum absolute atomic E-state index is 12.6. The van der Waals surface area contributed by atoms with E-state index in [2.05, 4.69) is 5.32 Å². The predicted octanol–water partition coefficient (Wildman–Crippen LogP) is 3.46. The van der Waals surface area contributed by atoms with Crippen LogP contribution in [0.2, 0.25) is 0 Å². The minimum Gasteiger partial charge on any atom is -0.494 e. The van der Waals surface area contributed by atoms with Crippen LogP contribution in [-0.4, -0.2) is 20.1 Å². The van der Waals surface area contributed by atoms with Crippen LogP contribution in [0.1, 0.15) is 27.0 Å². The van der Waals surface area contributed by atoms with Gasteiger partial charge < -0.3 is 20.5 Å². The fraction of sp³-hybridized carbons (Fsp3) is 0.278. The van der Waals surface area contributed by atoms with Gasteiger partial charge in [0.05, 0.1) is 25.6 Å². The summed E-state index contributed by atoms with van der Waals surface area (Å²) in [6, 6.07) is 7.14. The first kappa shape index (κ1) is 16.7. The fourth-order valence-corrected chi connectivity index (χ4v) is 2.57. The first-order valence-electron chi connectivity index (χ1n) is 7.29. The largest absolute Gasteiger partial charge is 0.494 e. The molecule has 23 heavy (non-hydrogen) atoms. The van der Waals surface area contributed by atoms with Crippen LogP contribution < -0.4 is 20.5 Å². The minimum absolute atomic E-state index is 0.234. The van der Waals surface area contributed by atoms with Crippen LogP contribution >= 0.6 is 0 Å². The van der Waals surface area contributed by atoms with E-state index < -0.39 is 0 Å². The molecule has 0 radical (unpaired) electrons. The standard InChI is InChI=1S/C18H22N2O3/c1-10-6-9-15(17(23-5)11(10)2)20-18(21)13-7-8-14(19)16(22-4)12(13)3/h6-9H,19H2,1-5H3,(H,20,21). The van der Waals surface area contributed by atoms with E-state index in [0.29, 0.717) is 34.0 Å². The topological polar surface area (TPSA) is 73.6 Å². The second-order valence-electron chi connectivity index (χ2n) is 5.40. The highest BCUT2D eigenvalue weighted by Crippen LogP contribution is 2.32. The van der Waals surface area contributed by atoms with Crippen molar-refractivity contribution in [3.63, 3.8) is 0 Å². The molecule has 5 nitrogen and oxygen atoms in total. The van der Waals surface area contributed by atoms with Gasteiger partial charge in [-0.1, -0.05) is 6.07 Å². The van der Waals surface area contributed by atoms with Gasteiger partial charge in [0.25, 0.3) is 5.91 Å². The Morgan fingerprint density at radius 1 is 0.957 bits per heavy atom. The number of hydrogen-bond donors (Lipinski definition) is 2. The number of benzene rings is 2. The van der Waals surface area contributed by atoms with Gasteiger partial charge in [-0.2, -0.15) is 0 Å². The Hall–Kier alpha value is -2.69. The molecule has 0 atom stereocenters. The summed E-state index contributed by atoms with van der Waals surface area (Å²) in [7, 11) is 3.13. The van der Waals surface area contributed by atoms with E-state index in [0.717, 1.165) is 11.1 Å². The summed E-state index contributed by atoms with van der Waals surface area (Å²) in [5.74, 6) is 0.950. The Bertz CT molecular complexity index is 754. The summed E-state index contributed by atoms with van der Waals surface area (Å²) in [5.41, 5.74) is 10.3. The van der Waals surface area contributed by atoms with Crippen LogP contribution in [0.3, 0.4) is 0 Å². The van der Waals surface area contributed by atoms with E-state index in [-0.39, 0.29) is 5.91 Å². The lowest BCUT2D eigenvalue weighted by Crippen LogP contribution is -2.15. The van der Waals surface area contributed by atoms with Crippen LogP contribution in [0.15, 0.2) is 24.3 Å². The van der Waals surface area contributed by atoms with E-state index in [1.54, 1.807) is 19.2 Å². The molecular weight excluding hydrogens is 292 g/mol. The normalized spacial score (nSPS) is 10.3. The Morgan fingerprint density at radius 2 is 1.61 bits per heavy atom. The van der Waals surface area contributed by atoms with Crippen LogP contribution in [-0.2, 0) is 0 Å². The van der Waals surface area contributed by atoms with E-state index in [4.69, 9.17) is 15.2 Å². The lowest BCUT2D eigenvalue weighted by atomic mass is 10.0.